The van der Waals surface area contributed by atoms with Crippen LogP contribution >= 0.6 is 0 Å². The van der Waals surface area contributed by atoms with E-state index < -0.39 is 0 Å². The molecule has 3 heteroatoms. The molecule has 2 rings (SSSR count). The van der Waals surface area contributed by atoms with Crippen molar-refractivity contribution in [1.29, 1.82) is 0 Å². The molecule has 0 bridgehead atoms. The van der Waals surface area contributed by atoms with Gasteiger partial charge in [-0.15, -0.1) is 0 Å². The Bertz CT molecular complexity index is 379. The van der Waals surface area contributed by atoms with Gasteiger partial charge in [0.2, 0.25) is 0 Å². The number of aliphatic hydroxyl groups is 1. The van der Waals surface area contributed by atoms with Gasteiger partial charge in [0.15, 0.2) is 0 Å². The molecule has 1 fully saturated rings. The lowest BCUT2D eigenvalue weighted by atomic mass is 9.88. The first-order chi connectivity index (χ1) is 6.99. The van der Waals surface area contributed by atoms with Crippen LogP contribution in [0.2, 0.25) is 0 Å². The normalized spacial score (nSPS) is 34.5. The van der Waals surface area contributed by atoms with Gasteiger partial charge in [0.05, 0.1) is 6.61 Å². The van der Waals surface area contributed by atoms with Crippen molar-refractivity contribution in [1.82, 2.24) is 0 Å². The molecule has 1 heterocycles. The van der Waals surface area contributed by atoms with Gasteiger partial charge in [0, 0.05) is 22.9 Å². The molecule has 2 atom stereocenters. The summed E-state index contributed by atoms with van der Waals surface area (Å²) in [6.07, 6.45) is 0.951. The molecule has 0 aromatic carbocycles. The van der Waals surface area contributed by atoms with E-state index in [9.17, 15) is 5.11 Å². The average molecular weight is 209 g/mol. The zero-order chi connectivity index (χ0) is 11.3. The molecule has 0 saturated heterocycles. The first-order valence-corrected chi connectivity index (χ1v) is 5.37. The number of nitrogens with two attached hydrogens (primary N) is 1. The standard InChI is InChI=1S/C12H19NO2/c1-8-4-10(9(2)15-8)11(3)5-12(11,6-13)7-14/h4,14H,5-7,13H2,1-3H3. The first-order valence-electron chi connectivity index (χ1n) is 5.37. The van der Waals surface area contributed by atoms with Gasteiger partial charge in [-0.05, 0) is 26.3 Å². The molecule has 0 amide bonds. The maximum atomic E-state index is 9.44. The van der Waals surface area contributed by atoms with Gasteiger partial charge in [0.1, 0.15) is 11.5 Å². The van der Waals surface area contributed by atoms with Crippen LogP contribution in [0.4, 0.5) is 0 Å². The van der Waals surface area contributed by atoms with Gasteiger partial charge in [-0.3, -0.25) is 0 Å². The predicted octanol–water partition coefficient (Wildman–Crippen LogP) is 1.50. The summed E-state index contributed by atoms with van der Waals surface area (Å²) in [5.41, 5.74) is 6.83. The second-order valence-electron chi connectivity index (χ2n) is 4.98. The summed E-state index contributed by atoms with van der Waals surface area (Å²) < 4.78 is 5.54. The topological polar surface area (TPSA) is 59.4 Å². The van der Waals surface area contributed by atoms with Crippen LogP contribution in [0.15, 0.2) is 10.5 Å². The summed E-state index contributed by atoms with van der Waals surface area (Å²) in [4.78, 5) is 0. The van der Waals surface area contributed by atoms with E-state index in [0.717, 1.165) is 17.9 Å². The fourth-order valence-electron chi connectivity index (χ4n) is 2.78. The Balaban J connectivity index is 2.38. The number of hydrogen-bond donors (Lipinski definition) is 2. The van der Waals surface area contributed by atoms with Crippen LogP contribution < -0.4 is 5.73 Å². The largest absolute Gasteiger partial charge is 0.466 e. The maximum absolute atomic E-state index is 9.44. The van der Waals surface area contributed by atoms with E-state index in [1.807, 2.05) is 13.8 Å². The summed E-state index contributed by atoms with van der Waals surface area (Å²) in [6.45, 7) is 6.77. The molecule has 2 unspecified atom stereocenters. The van der Waals surface area contributed by atoms with Crippen molar-refractivity contribution in [2.24, 2.45) is 11.1 Å². The van der Waals surface area contributed by atoms with Crippen molar-refractivity contribution < 1.29 is 9.52 Å². The van der Waals surface area contributed by atoms with Crippen LogP contribution in [0.1, 0.15) is 30.4 Å². The fourth-order valence-corrected chi connectivity index (χ4v) is 2.78. The number of aliphatic hydroxyl groups excluding tert-OH is 1. The smallest absolute Gasteiger partial charge is 0.104 e. The lowest BCUT2D eigenvalue weighted by Gasteiger charge is -2.18. The van der Waals surface area contributed by atoms with Gasteiger partial charge < -0.3 is 15.3 Å². The van der Waals surface area contributed by atoms with Crippen molar-refractivity contribution in [3.8, 4) is 0 Å². The minimum Gasteiger partial charge on any atom is -0.466 e. The van der Waals surface area contributed by atoms with Gasteiger partial charge in [-0.1, -0.05) is 6.92 Å². The van der Waals surface area contributed by atoms with E-state index in [1.165, 1.54) is 5.56 Å². The van der Waals surface area contributed by atoms with Gasteiger partial charge in [0.25, 0.3) is 0 Å². The van der Waals surface area contributed by atoms with Crippen LogP contribution in [0, 0.1) is 19.3 Å². The molecule has 1 aliphatic carbocycles. The van der Waals surface area contributed by atoms with Gasteiger partial charge >= 0.3 is 0 Å². The van der Waals surface area contributed by atoms with Crippen molar-refractivity contribution in [3.05, 3.63) is 23.2 Å². The highest BCUT2D eigenvalue weighted by atomic mass is 16.3. The molecule has 0 spiro atoms. The highest BCUT2D eigenvalue weighted by Gasteiger charge is 2.64. The second kappa shape index (κ2) is 3.09. The third-order valence-electron chi connectivity index (χ3n) is 4.07. The monoisotopic (exact) mass is 209 g/mol. The van der Waals surface area contributed by atoms with Gasteiger partial charge in [-0.25, -0.2) is 0 Å². The summed E-state index contributed by atoms with van der Waals surface area (Å²) >= 11 is 0. The van der Waals surface area contributed by atoms with E-state index in [0.29, 0.717) is 6.54 Å². The van der Waals surface area contributed by atoms with E-state index in [-0.39, 0.29) is 17.4 Å². The Kier molecular flexibility index (Phi) is 2.21. The molecule has 3 nitrogen and oxygen atoms in total. The zero-order valence-electron chi connectivity index (χ0n) is 9.63. The van der Waals surface area contributed by atoms with E-state index in [4.69, 9.17) is 10.2 Å². The lowest BCUT2D eigenvalue weighted by Crippen LogP contribution is -2.28. The number of rotatable bonds is 3. The Morgan fingerprint density at radius 3 is 2.53 bits per heavy atom. The van der Waals surface area contributed by atoms with E-state index >= 15 is 0 Å². The number of hydrogen-bond acceptors (Lipinski definition) is 3. The summed E-state index contributed by atoms with van der Waals surface area (Å²) in [7, 11) is 0. The molecule has 0 radical (unpaired) electrons. The molecule has 3 N–H and O–H groups in total. The molecule has 84 valence electrons. The Morgan fingerprint density at radius 2 is 2.20 bits per heavy atom. The van der Waals surface area contributed by atoms with Crippen LogP contribution in [0.25, 0.3) is 0 Å². The highest BCUT2D eigenvalue weighted by Crippen LogP contribution is 2.64. The minimum atomic E-state index is -0.131. The molecule has 0 aliphatic heterocycles. The van der Waals surface area contributed by atoms with E-state index in [2.05, 4.69) is 13.0 Å². The van der Waals surface area contributed by atoms with Crippen molar-refractivity contribution in [3.63, 3.8) is 0 Å². The van der Waals surface area contributed by atoms with Crippen LogP contribution in [-0.4, -0.2) is 18.3 Å². The Hall–Kier alpha value is -0.800. The quantitative estimate of drug-likeness (QED) is 0.793. The minimum absolute atomic E-state index is 0.00164. The summed E-state index contributed by atoms with van der Waals surface area (Å²) in [5, 5.41) is 9.44. The molecular weight excluding hydrogens is 190 g/mol. The van der Waals surface area contributed by atoms with Crippen LogP contribution in [0.3, 0.4) is 0 Å². The second-order valence-corrected chi connectivity index (χ2v) is 4.98. The summed E-state index contributed by atoms with van der Waals surface area (Å²) in [5.74, 6) is 1.89. The first kappa shape index (κ1) is 10.7. The van der Waals surface area contributed by atoms with E-state index in [1.54, 1.807) is 0 Å². The molecule has 1 aliphatic rings. The highest BCUT2D eigenvalue weighted by molar-refractivity contribution is 5.40. The SMILES string of the molecule is Cc1cc(C2(C)CC2(CN)CO)c(C)o1. The van der Waals surface area contributed by atoms with Crippen LogP contribution in [0.5, 0.6) is 0 Å². The third kappa shape index (κ3) is 1.26. The number of furan rings is 1. The molecule has 1 saturated carbocycles. The molecule has 1 aromatic rings. The predicted molar refractivity (Wildman–Crippen MR) is 58.7 cm³/mol. The van der Waals surface area contributed by atoms with Crippen LogP contribution in [-0.2, 0) is 5.41 Å². The third-order valence-corrected chi connectivity index (χ3v) is 4.07. The van der Waals surface area contributed by atoms with Gasteiger partial charge in [-0.2, -0.15) is 0 Å². The van der Waals surface area contributed by atoms with Crippen molar-refractivity contribution in [2.75, 3.05) is 13.2 Å². The Morgan fingerprint density at radius 1 is 1.53 bits per heavy atom. The number of aryl methyl sites for hydroxylation is 2. The zero-order valence-corrected chi connectivity index (χ0v) is 9.63. The molecule has 1 aromatic heterocycles. The summed E-state index contributed by atoms with van der Waals surface area (Å²) in [6, 6.07) is 2.07. The van der Waals surface area contributed by atoms with Crippen molar-refractivity contribution >= 4 is 0 Å². The lowest BCUT2D eigenvalue weighted by molar-refractivity contribution is 0.198. The Labute approximate surface area is 90.3 Å². The molecule has 15 heavy (non-hydrogen) atoms. The molecular formula is C12H19NO2. The average Bonchev–Trinajstić information content (AvgIpc) is 2.67. The van der Waals surface area contributed by atoms with Crippen molar-refractivity contribution in [2.45, 2.75) is 32.6 Å². The fraction of sp³-hybridized carbons (Fsp3) is 0.667. The maximum Gasteiger partial charge on any atom is 0.104 e.